The van der Waals surface area contributed by atoms with Crippen molar-refractivity contribution in [3.63, 3.8) is 0 Å². The molecule has 0 aromatic carbocycles. The number of hydrogen-bond donors (Lipinski definition) is 0. The Morgan fingerprint density at radius 2 is 2.07 bits per heavy atom. The van der Waals surface area contributed by atoms with Gasteiger partial charge in [0.15, 0.2) is 5.65 Å². The van der Waals surface area contributed by atoms with E-state index in [1.54, 1.807) is 0 Å². The Morgan fingerprint density at radius 1 is 1.36 bits per heavy atom. The van der Waals surface area contributed by atoms with Crippen molar-refractivity contribution in [3.8, 4) is 0 Å². The van der Waals surface area contributed by atoms with E-state index in [1.807, 2.05) is 0 Å². The van der Waals surface area contributed by atoms with Crippen LogP contribution < -0.4 is 0 Å². The molecule has 0 aliphatic heterocycles. The summed E-state index contributed by atoms with van der Waals surface area (Å²) in [6.45, 7) is 0. The largest absolute Gasteiger partial charge is 0.416 e. The number of nitrogens with zero attached hydrogens (tertiary/aromatic N) is 3. The molecular formula is C7H3BrF3N3. The van der Waals surface area contributed by atoms with Crippen molar-refractivity contribution in [2.24, 2.45) is 0 Å². The van der Waals surface area contributed by atoms with E-state index in [9.17, 15) is 13.2 Å². The van der Waals surface area contributed by atoms with Crippen LogP contribution in [0.3, 0.4) is 0 Å². The Labute approximate surface area is 84.7 Å². The molecule has 3 nitrogen and oxygen atoms in total. The van der Waals surface area contributed by atoms with E-state index in [2.05, 4.69) is 26.0 Å². The first kappa shape index (κ1) is 9.45. The van der Waals surface area contributed by atoms with Crippen molar-refractivity contribution < 1.29 is 13.2 Å². The fraction of sp³-hybridized carbons (Fsp3) is 0.143. The van der Waals surface area contributed by atoms with Crippen LogP contribution in [-0.4, -0.2) is 14.6 Å². The highest BCUT2D eigenvalue weighted by Gasteiger charge is 2.30. The van der Waals surface area contributed by atoms with Gasteiger partial charge >= 0.3 is 6.18 Å². The van der Waals surface area contributed by atoms with E-state index in [4.69, 9.17) is 0 Å². The van der Waals surface area contributed by atoms with Crippen LogP contribution in [0.2, 0.25) is 0 Å². The fourth-order valence-electron chi connectivity index (χ4n) is 1.03. The summed E-state index contributed by atoms with van der Waals surface area (Å²) in [5.74, 6) is 0. The van der Waals surface area contributed by atoms with Crippen LogP contribution in [-0.2, 0) is 6.18 Å². The molecule has 14 heavy (non-hydrogen) atoms. The van der Waals surface area contributed by atoms with Gasteiger partial charge in [-0.1, -0.05) is 0 Å². The van der Waals surface area contributed by atoms with Gasteiger partial charge in [0.2, 0.25) is 4.73 Å². The van der Waals surface area contributed by atoms with Crippen molar-refractivity contribution in [3.05, 3.63) is 28.6 Å². The molecule has 0 fully saturated rings. The third kappa shape index (κ3) is 1.59. The highest BCUT2D eigenvalue weighted by molar-refractivity contribution is 9.10. The van der Waals surface area contributed by atoms with Crippen molar-refractivity contribution in [2.45, 2.75) is 6.18 Å². The quantitative estimate of drug-likeness (QED) is 0.733. The molecule has 7 heteroatoms. The second kappa shape index (κ2) is 2.94. The highest BCUT2D eigenvalue weighted by atomic mass is 79.9. The Balaban J connectivity index is 2.62. The summed E-state index contributed by atoms with van der Waals surface area (Å²) in [5.41, 5.74) is -0.573. The summed E-state index contributed by atoms with van der Waals surface area (Å²) in [7, 11) is 0. The number of alkyl halides is 3. The minimum atomic E-state index is -4.35. The molecule has 0 aliphatic rings. The standard InChI is InChI=1S/C7H3BrF3N3/c8-6-12-5-3-4(7(9,10)11)1-2-14(5)13-6/h1-3H. The number of halogens is 4. The molecule has 0 radical (unpaired) electrons. The van der Waals surface area contributed by atoms with Crippen molar-refractivity contribution in [1.82, 2.24) is 14.6 Å². The Hall–Kier alpha value is -1.11. The number of hydrogen-bond acceptors (Lipinski definition) is 2. The summed E-state index contributed by atoms with van der Waals surface area (Å²) in [6.07, 6.45) is -3.13. The number of pyridine rings is 1. The maximum absolute atomic E-state index is 12.3. The lowest BCUT2D eigenvalue weighted by Gasteiger charge is -2.05. The van der Waals surface area contributed by atoms with Gasteiger partial charge in [-0.25, -0.2) is 9.50 Å². The second-order valence-electron chi connectivity index (χ2n) is 2.60. The summed E-state index contributed by atoms with van der Waals surface area (Å²) < 4.78 is 38.3. The lowest BCUT2D eigenvalue weighted by Crippen LogP contribution is -2.05. The molecule has 0 amide bonds. The Kier molecular flexibility index (Phi) is 1.99. The Morgan fingerprint density at radius 3 is 2.71 bits per heavy atom. The summed E-state index contributed by atoms with van der Waals surface area (Å²) >= 11 is 2.98. The topological polar surface area (TPSA) is 30.2 Å². The van der Waals surface area contributed by atoms with E-state index < -0.39 is 11.7 Å². The lowest BCUT2D eigenvalue weighted by molar-refractivity contribution is -0.137. The minimum absolute atomic E-state index is 0.159. The third-order valence-corrected chi connectivity index (χ3v) is 1.97. The average Bonchev–Trinajstić information content (AvgIpc) is 2.41. The van der Waals surface area contributed by atoms with Gasteiger partial charge in [0.25, 0.3) is 0 Å². The van der Waals surface area contributed by atoms with Gasteiger partial charge in [0.05, 0.1) is 5.56 Å². The van der Waals surface area contributed by atoms with Gasteiger partial charge in [-0.15, -0.1) is 5.10 Å². The number of fused-ring (bicyclic) bond motifs is 1. The highest BCUT2D eigenvalue weighted by Crippen LogP contribution is 2.29. The van der Waals surface area contributed by atoms with Crippen LogP contribution >= 0.6 is 15.9 Å². The van der Waals surface area contributed by atoms with E-state index >= 15 is 0 Å². The van der Waals surface area contributed by atoms with Crippen LogP contribution in [0.15, 0.2) is 23.1 Å². The smallest absolute Gasteiger partial charge is 0.220 e. The van der Waals surface area contributed by atoms with Gasteiger partial charge in [-0.3, -0.25) is 0 Å². The van der Waals surface area contributed by atoms with Gasteiger partial charge in [-0.05, 0) is 28.1 Å². The molecule has 0 saturated heterocycles. The SMILES string of the molecule is FC(F)(F)c1ccn2nc(Br)nc2c1. The van der Waals surface area contributed by atoms with Crippen molar-refractivity contribution in [1.29, 1.82) is 0 Å². The predicted molar refractivity (Wildman–Crippen MR) is 45.7 cm³/mol. The molecule has 0 unspecified atom stereocenters. The molecule has 2 rings (SSSR count). The summed E-state index contributed by atoms with van der Waals surface area (Å²) in [4.78, 5) is 3.76. The van der Waals surface area contributed by atoms with Crippen molar-refractivity contribution >= 4 is 21.6 Å². The zero-order valence-corrected chi connectivity index (χ0v) is 8.17. The molecule has 0 saturated carbocycles. The molecule has 0 spiro atoms. The van der Waals surface area contributed by atoms with Crippen LogP contribution in [0.1, 0.15) is 5.56 Å². The molecule has 0 bridgehead atoms. The average molecular weight is 266 g/mol. The first-order chi connectivity index (χ1) is 6.47. The van der Waals surface area contributed by atoms with Crippen molar-refractivity contribution in [2.75, 3.05) is 0 Å². The molecule has 2 aromatic heterocycles. The van der Waals surface area contributed by atoms with Crippen LogP contribution in [0.5, 0.6) is 0 Å². The molecule has 74 valence electrons. The molecule has 0 atom stereocenters. The minimum Gasteiger partial charge on any atom is -0.220 e. The molecule has 2 heterocycles. The fourth-order valence-corrected chi connectivity index (χ4v) is 1.38. The van der Waals surface area contributed by atoms with E-state index in [-0.39, 0.29) is 10.4 Å². The zero-order chi connectivity index (χ0) is 10.3. The van der Waals surface area contributed by atoms with Gasteiger partial charge in [0, 0.05) is 6.20 Å². The Bertz CT molecular complexity index is 476. The second-order valence-corrected chi connectivity index (χ2v) is 3.31. The van der Waals surface area contributed by atoms with E-state index in [0.717, 1.165) is 12.1 Å². The molecule has 0 N–H and O–H groups in total. The van der Waals surface area contributed by atoms with E-state index in [1.165, 1.54) is 10.7 Å². The first-order valence-corrected chi connectivity index (χ1v) is 4.35. The third-order valence-electron chi connectivity index (χ3n) is 1.64. The van der Waals surface area contributed by atoms with E-state index in [0.29, 0.717) is 0 Å². The van der Waals surface area contributed by atoms with Gasteiger partial charge < -0.3 is 0 Å². The zero-order valence-electron chi connectivity index (χ0n) is 6.59. The molecular weight excluding hydrogens is 263 g/mol. The van der Waals surface area contributed by atoms with Crippen LogP contribution in [0.25, 0.3) is 5.65 Å². The molecule has 2 aromatic rings. The van der Waals surface area contributed by atoms with Gasteiger partial charge in [-0.2, -0.15) is 13.2 Å². The molecule has 0 aliphatic carbocycles. The first-order valence-electron chi connectivity index (χ1n) is 3.56. The summed E-state index contributed by atoms with van der Waals surface area (Å²) in [5, 5.41) is 3.79. The summed E-state index contributed by atoms with van der Waals surface area (Å²) in [6, 6.07) is 1.89. The maximum atomic E-state index is 12.3. The van der Waals surface area contributed by atoms with Gasteiger partial charge in [0.1, 0.15) is 0 Å². The lowest BCUT2D eigenvalue weighted by atomic mass is 10.2. The van der Waals surface area contributed by atoms with Crippen LogP contribution in [0, 0.1) is 0 Å². The van der Waals surface area contributed by atoms with Crippen LogP contribution in [0.4, 0.5) is 13.2 Å². The number of rotatable bonds is 0. The predicted octanol–water partition coefficient (Wildman–Crippen LogP) is 2.51. The number of aromatic nitrogens is 3. The maximum Gasteiger partial charge on any atom is 0.416 e. The monoisotopic (exact) mass is 265 g/mol. The normalized spacial score (nSPS) is 12.3.